The fourth-order valence-electron chi connectivity index (χ4n) is 1.27. The fraction of sp³-hybridized carbons (Fsp3) is 0.182. The molecule has 0 spiro atoms. The number of thioether (sulfide) groups is 1. The summed E-state index contributed by atoms with van der Waals surface area (Å²) in [5.74, 6) is 1.58. The van der Waals surface area contributed by atoms with E-state index in [0.29, 0.717) is 0 Å². The Kier molecular flexibility index (Phi) is 2.97. The first kappa shape index (κ1) is 10.1. The Morgan fingerprint density at radius 2 is 2.20 bits per heavy atom. The Morgan fingerprint density at radius 3 is 2.87 bits per heavy atom. The molecule has 1 heterocycles. The molecule has 2 rings (SSSR count). The van der Waals surface area contributed by atoms with E-state index in [1.807, 2.05) is 36.6 Å². The Labute approximate surface area is 92.4 Å². The summed E-state index contributed by atoms with van der Waals surface area (Å²) in [6, 6.07) is 9.63. The van der Waals surface area contributed by atoms with Gasteiger partial charge in [0.15, 0.2) is 5.76 Å². The third-order valence-electron chi connectivity index (χ3n) is 2.05. The maximum atomic E-state index is 5.21. The lowest BCUT2D eigenvalue weighted by Crippen LogP contribution is -1.82. The summed E-state index contributed by atoms with van der Waals surface area (Å²) >= 11 is 1.56. The lowest BCUT2D eigenvalue weighted by molar-refractivity contribution is 0.410. The van der Waals surface area contributed by atoms with Crippen LogP contribution in [-0.2, 0) is 0 Å². The molecule has 0 saturated carbocycles. The van der Waals surface area contributed by atoms with E-state index in [1.165, 1.54) is 0 Å². The van der Waals surface area contributed by atoms with Crippen LogP contribution in [0.15, 0.2) is 39.9 Å². The van der Waals surface area contributed by atoms with Crippen LogP contribution in [0.1, 0.15) is 0 Å². The molecule has 0 unspecified atom stereocenters. The quantitative estimate of drug-likeness (QED) is 0.746. The number of hydrogen-bond acceptors (Lipinski definition) is 4. The van der Waals surface area contributed by atoms with Crippen molar-refractivity contribution in [2.75, 3.05) is 13.4 Å². The number of nitrogens with zero attached hydrogens (tertiary/aromatic N) is 1. The van der Waals surface area contributed by atoms with Crippen LogP contribution in [0.2, 0.25) is 0 Å². The van der Waals surface area contributed by atoms with Crippen molar-refractivity contribution >= 4 is 11.8 Å². The van der Waals surface area contributed by atoms with E-state index in [4.69, 9.17) is 9.26 Å². The van der Waals surface area contributed by atoms with E-state index in [9.17, 15) is 0 Å². The van der Waals surface area contributed by atoms with Gasteiger partial charge in [-0.25, -0.2) is 0 Å². The average Bonchev–Trinajstić information content (AvgIpc) is 2.78. The molecule has 0 radical (unpaired) electrons. The highest BCUT2D eigenvalue weighted by Crippen LogP contribution is 2.26. The Balaban J connectivity index is 2.35. The molecule has 1 aromatic carbocycles. The predicted molar refractivity (Wildman–Crippen MR) is 60.3 cm³/mol. The SMILES string of the molecule is COc1cccc(-c2cc(SC)no2)c1. The second kappa shape index (κ2) is 4.40. The largest absolute Gasteiger partial charge is 0.497 e. The summed E-state index contributed by atoms with van der Waals surface area (Å²) in [6.07, 6.45) is 1.97. The van der Waals surface area contributed by atoms with Crippen molar-refractivity contribution < 1.29 is 9.26 Å². The zero-order valence-corrected chi connectivity index (χ0v) is 9.38. The fourth-order valence-corrected chi connectivity index (χ4v) is 1.60. The number of methoxy groups -OCH3 is 1. The van der Waals surface area contributed by atoms with Gasteiger partial charge in [-0.1, -0.05) is 17.3 Å². The van der Waals surface area contributed by atoms with Gasteiger partial charge in [-0.3, -0.25) is 0 Å². The Bertz CT molecular complexity index is 453. The van der Waals surface area contributed by atoms with Crippen LogP contribution < -0.4 is 4.74 Å². The molecule has 0 aliphatic rings. The van der Waals surface area contributed by atoms with Crippen LogP contribution in [0.3, 0.4) is 0 Å². The van der Waals surface area contributed by atoms with Gasteiger partial charge in [-0.15, -0.1) is 11.8 Å². The van der Waals surface area contributed by atoms with Crippen LogP contribution in [-0.4, -0.2) is 18.5 Å². The van der Waals surface area contributed by atoms with Gasteiger partial charge >= 0.3 is 0 Å². The minimum atomic E-state index is 0.762. The number of aromatic nitrogens is 1. The molecule has 0 aliphatic carbocycles. The Morgan fingerprint density at radius 1 is 1.33 bits per heavy atom. The van der Waals surface area contributed by atoms with Gasteiger partial charge < -0.3 is 9.26 Å². The molecule has 0 N–H and O–H groups in total. The number of hydrogen-bond donors (Lipinski definition) is 0. The summed E-state index contributed by atoms with van der Waals surface area (Å²) in [7, 11) is 1.65. The summed E-state index contributed by atoms with van der Waals surface area (Å²) in [5, 5.41) is 4.80. The first-order valence-corrected chi connectivity index (χ1v) is 5.71. The molecule has 4 heteroatoms. The minimum Gasteiger partial charge on any atom is -0.497 e. The summed E-state index contributed by atoms with van der Waals surface area (Å²) < 4.78 is 10.4. The number of rotatable bonds is 3. The van der Waals surface area contributed by atoms with Crippen molar-refractivity contribution in [1.82, 2.24) is 5.16 Å². The van der Waals surface area contributed by atoms with E-state index < -0.39 is 0 Å². The van der Waals surface area contributed by atoms with Crippen LogP contribution in [0.4, 0.5) is 0 Å². The van der Waals surface area contributed by atoms with E-state index >= 15 is 0 Å². The maximum absolute atomic E-state index is 5.21. The summed E-state index contributed by atoms with van der Waals surface area (Å²) in [5.41, 5.74) is 0.974. The predicted octanol–water partition coefficient (Wildman–Crippen LogP) is 3.07. The monoisotopic (exact) mass is 221 g/mol. The second-order valence-corrected chi connectivity index (χ2v) is 3.79. The molecule has 0 amide bonds. The molecule has 0 atom stereocenters. The lowest BCUT2D eigenvalue weighted by Gasteiger charge is -2.00. The minimum absolute atomic E-state index is 0.762. The van der Waals surface area contributed by atoms with E-state index in [0.717, 1.165) is 22.1 Å². The lowest BCUT2D eigenvalue weighted by atomic mass is 10.2. The van der Waals surface area contributed by atoms with Crippen molar-refractivity contribution in [3.63, 3.8) is 0 Å². The van der Waals surface area contributed by atoms with Crippen molar-refractivity contribution in [1.29, 1.82) is 0 Å². The van der Waals surface area contributed by atoms with Crippen LogP contribution in [0.25, 0.3) is 11.3 Å². The number of ether oxygens (including phenoxy) is 1. The average molecular weight is 221 g/mol. The topological polar surface area (TPSA) is 35.3 Å². The van der Waals surface area contributed by atoms with Crippen molar-refractivity contribution in [2.24, 2.45) is 0 Å². The third-order valence-corrected chi connectivity index (χ3v) is 2.66. The highest BCUT2D eigenvalue weighted by Gasteiger charge is 2.06. The summed E-state index contributed by atoms with van der Waals surface area (Å²) in [6.45, 7) is 0. The molecular weight excluding hydrogens is 210 g/mol. The standard InChI is InChI=1S/C11H11NO2S/c1-13-9-5-3-4-8(6-9)10-7-11(15-2)12-14-10/h3-7H,1-2H3. The van der Waals surface area contributed by atoms with E-state index in [1.54, 1.807) is 18.9 Å². The van der Waals surface area contributed by atoms with Gasteiger partial charge in [0, 0.05) is 11.6 Å². The molecule has 78 valence electrons. The molecule has 3 nitrogen and oxygen atoms in total. The van der Waals surface area contributed by atoms with Crippen LogP contribution >= 0.6 is 11.8 Å². The molecule has 2 aromatic rings. The van der Waals surface area contributed by atoms with Crippen LogP contribution in [0, 0.1) is 0 Å². The third kappa shape index (κ3) is 2.15. The summed E-state index contributed by atoms with van der Waals surface area (Å²) in [4.78, 5) is 0. The zero-order valence-electron chi connectivity index (χ0n) is 8.56. The maximum Gasteiger partial charge on any atom is 0.168 e. The van der Waals surface area contributed by atoms with Gasteiger partial charge in [-0.05, 0) is 18.4 Å². The van der Waals surface area contributed by atoms with Crippen molar-refractivity contribution in [3.8, 4) is 17.1 Å². The molecule has 15 heavy (non-hydrogen) atoms. The highest BCUT2D eigenvalue weighted by molar-refractivity contribution is 7.98. The molecule has 0 fully saturated rings. The van der Waals surface area contributed by atoms with Crippen molar-refractivity contribution in [3.05, 3.63) is 30.3 Å². The second-order valence-electron chi connectivity index (χ2n) is 2.97. The van der Waals surface area contributed by atoms with Gasteiger partial charge in [0.05, 0.1) is 7.11 Å². The molecule has 0 aliphatic heterocycles. The number of benzene rings is 1. The first-order valence-electron chi connectivity index (χ1n) is 4.48. The normalized spacial score (nSPS) is 10.3. The van der Waals surface area contributed by atoms with Crippen LogP contribution in [0.5, 0.6) is 5.75 Å². The van der Waals surface area contributed by atoms with Gasteiger partial charge in [0.25, 0.3) is 0 Å². The zero-order chi connectivity index (χ0) is 10.7. The molecule has 1 aromatic heterocycles. The van der Waals surface area contributed by atoms with E-state index in [-0.39, 0.29) is 0 Å². The molecular formula is C11H11NO2S. The van der Waals surface area contributed by atoms with Gasteiger partial charge in [0.1, 0.15) is 10.8 Å². The molecule has 0 saturated heterocycles. The van der Waals surface area contributed by atoms with Gasteiger partial charge in [-0.2, -0.15) is 0 Å². The van der Waals surface area contributed by atoms with Crippen molar-refractivity contribution in [2.45, 2.75) is 5.03 Å². The highest BCUT2D eigenvalue weighted by atomic mass is 32.2. The van der Waals surface area contributed by atoms with Gasteiger partial charge in [0.2, 0.25) is 0 Å². The molecule has 0 bridgehead atoms. The van der Waals surface area contributed by atoms with E-state index in [2.05, 4.69) is 5.16 Å². The smallest absolute Gasteiger partial charge is 0.168 e. The Hall–Kier alpha value is -1.42. The first-order chi connectivity index (χ1) is 7.33.